The summed E-state index contributed by atoms with van der Waals surface area (Å²) in [6.07, 6.45) is 8.96. The molecule has 0 radical (unpaired) electrons. The average Bonchev–Trinajstić information content (AvgIpc) is 2.66. The number of halogens is 6. The van der Waals surface area contributed by atoms with Crippen molar-refractivity contribution in [3.63, 3.8) is 0 Å². The van der Waals surface area contributed by atoms with Crippen molar-refractivity contribution in [1.82, 2.24) is 10.6 Å². The molecule has 2 aliphatic carbocycles. The second-order valence-corrected chi connectivity index (χ2v) is 11.7. The van der Waals surface area contributed by atoms with E-state index in [0.29, 0.717) is 25.7 Å². The first-order valence-corrected chi connectivity index (χ1v) is 11.4. The summed E-state index contributed by atoms with van der Waals surface area (Å²) in [6, 6.07) is 0. The molecule has 11 heteroatoms. The van der Waals surface area contributed by atoms with Crippen molar-refractivity contribution in [3.8, 4) is 0 Å². The van der Waals surface area contributed by atoms with Crippen LogP contribution >= 0.6 is 69.6 Å². The highest BCUT2D eigenvalue weighted by Gasteiger charge is 2.44. The van der Waals surface area contributed by atoms with E-state index >= 15 is 0 Å². The van der Waals surface area contributed by atoms with Crippen molar-refractivity contribution < 1.29 is 14.3 Å². The van der Waals surface area contributed by atoms with Crippen LogP contribution in [0.4, 0.5) is 0 Å². The van der Waals surface area contributed by atoms with E-state index in [1.807, 2.05) is 24.3 Å². The normalized spacial score (nSPS) is 24.6. The molecule has 2 rings (SSSR count). The number of carbonyl (C=O) groups excluding carboxylic acids is 2. The van der Waals surface area contributed by atoms with Gasteiger partial charge in [0, 0.05) is 11.8 Å². The first-order chi connectivity index (χ1) is 13.5. The minimum Gasteiger partial charge on any atom is -0.327 e. The number of ether oxygens (including phenoxy) is 1. The van der Waals surface area contributed by atoms with Crippen molar-refractivity contribution in [2.45, 2.75) is 58.6 Å². The van der Waals surface area contributed by atoms with Crippen LogP contribution in [-0.2, 0) is 14.3 Å². The zero-order chi connectivity index (χ0) is 21.7. The Bertz CT molecular complexity index is 590. The van der Waals surface area contributed by atoms with Crippen molar-refractivity contribution in [2.24, 2.45) is 11.8 Å². The van der Waals surface area contributed by atoms with Gasteiger partial charge in [-0.25, -0.2) is 0 Å². The Labute approximate surface area is 200 Å². The molecule has 0 bridgehead atoms. The summed E-state index contributed by atoms with van der Waals surface area (Å²) in [4.78, 5) is 25.1. The molecule has 4 unspecified atom stereocenters. The van der Waals surface area contributed by atoms with Gasteiger partial charge in [-0.3, -0.25) is 9.59 Å². The first-order valence-electron chi connectivity index (χ1n) is 9.18. The largest absolute Gasteiger partial charge is 0.327 e. The summed E-state index contributed by atoms with van der Waals surface area (Å²) >= 11 is 35.9. The van der Waals surface area contributed by atoms with Gasteiger partial charge < -0.3 is 15.4 Å². The molecule has 29 heavy (non-hydrogen) atoms. The Morgan fingerprint density at radius 2 is 1.14 bits per heavy atom. The third-order valence-electron chi connectivity index (χ3n) is 4.69. The molecule has 0 saturated carbocycles. The van der Waals surface area contributed by atoms with Crippen molar-refractivity contribution >= 4 is 81.4 Å². The smallest absolute Gasteiger partial charge is 0.234 e. The molecular formula is C18H22Cl6N2O3. The van der Waals surface area contributed by atoms with Gasteiger partial charge in [-0.15, -0.1) is 0 Å². The fourth-order valence-corrected chi connectivity index (χ4v) is 3.72. The van der Waals surface area contributed by atoms with Crippen molar-refractivity contribution in [2.75, 3.05) is 0 Å². The Morgan fingerprint density at radius 3 is 1.41 bits per heavy atom. The Balaban J connectivity index is 2.09. The quantitative estimate of drug-likeness (QED) is 0.279. The standard InChI is InChI=1S/C18H22Cl6N2O3/c19-17(20,21)15(25-13(27)11-7-3-1-4-8-11)29-16(18(22,23)24)26-14(28)12-9-5-2-6-10-12/h1-3,5,11-12,15-16H,4,6-10H2,(H,25,27)(H,26,28). The molecule has 164 valence electrons. The summed E-state index contributed by atoms with van der Waals surface area (Å²) in [7, 11) is 0. The van der Waals surface area contributed by atoms with E-state index in [9.17, 15) is 9.59 Å². The molecule has 5 nitrogen and oxygen atoms in total. The summed E-state index contributed by atoms with van der Waals surface area (Å²) in [5, 5.41) is 5.11. The number of carbonyl (C=O) groups is 2. The van der Waals surface area contributed by atoms with E-state index in [2.05, 4.69) is 10.6 Å². The average molecular weight is 527 g/mol. The van der Waals surface area contributed by atoms with E-state index in [4.69, 9.17) is 74.3 Å². The van der Waals surface area contributed by atoms with Crippen LogP contribution in [0.2, 0.25) is 0 Å². The fourth-order valence-electron chi connectivity index (χ4n) is 3.08. The molecule has 0 heterocycles. The Morgan fingerprint density at radius 1 is 0.759 bits per heavy atom. The van der Waals surface area contributed by atoms with Gasteiger partial charge in [0.15, 0.2) is 12.5 Å². The maximum atomic E-state index is 12.6. The third kappa shape index (κ3) is 8.29. The number of allylic oxidation sites excluding steroid dienone is 4. The van der Waals surface area contributed by atoms with Gasteiger partial charge in [0.2, 0.25) is 19.4 Å². The monoisotopic (exact) mass is 524 g/mol. The fraction of sp³-hybridized carbons (Fsp3) is 0.667. The molecule has 0 fully saturated rings. The zero-order valence-electron chi connectivity index (χ0n) is 15.4. The first kappa shape index (κ1) is 25.4. The van der Waals surface area contributed by atoms with Gasteiger partial charge >= 0.3 is 0 Å². The molecule has 2 aliphatic rings. The van der Waals surface area contributed by atoms with Crippen LogP contribution in [0.5, 0.6) is 0 Å². The summed E-state index contributed by atoms with van der Waals surface area (Å²) in [5.41, 5.74) is 0. The lowest BCUT2D eigenvalue weighted by Crippen LogP contribution is -2.56. The molecule has 0 aromatic rings. The van der Waals surface area contributed by atoms with Gasteiger partial charge in [-0.1, -0.05) is 93.9 Å². The number of hydrogen-bond acceptors (Lipinski definition) is 3. The lowest BCUT2D eigenvalue weighted by Gasteiger charge is -2.34. The van der Waals surface area contributed by atoms with Crippen LogP contribution in [0.1, 0.15) is 38.5 Å². The number of alkyl halides is 6. The highest BCUT2D eigenvalue weighted by molar-refractivity contribution is 6.68. The number of rotatable bonds is 6. The van der Waals surface area contributed by atoms with Crippen LogP contribution < -0.4 is 10.6 Å². The van der Waals surface area contributed by atoms with Crippen LogP contribution in [0, 0.1) is 11.8 Å². The Hall–Kier alpha value is 0.120. The molecule has 2 amide bonds. The van der Waals surface area contributed by atoms with E-state index in [-0.39, 0.29) is 23.7 Å². The Kier molecular flexibility index (Phi) is 9.74. The zero-order valence-corrected chi connectivity index (χ0v) is 19.9. The number of amides is 2. The van der Waals surface area contributed by atoms with Crippen molar-refractivity contribution in [1.29, 1.82) is 0 Å². The predicted molar refractivity (Wildman–Crippen MR) is 118 cm³/mol. The summed E-state index contributed by atoms with van der Waals surface area (Å²) in [6.45, 7) is 0. The maximum absolute atomic E-state index is 12.6. The van der Waals surface area contributed by atoms with Gasteiger partial charge in [-0.2, -0.15) is 0 Å². The van der Waals surface area contributed by atoms with E-state index < -0.39 is 20.0 Å². The maximum Gasteiger partial charge on any atom is 0.234 e. The van der Waals surface area contributed by atoms with Crippen LogP contribution in [0.25, 0.3) is 0 Å². The minimum atomic E-state index is -2.06. The summed E-state index contributed by atoms with van der Waals surface area (Å²) in [5.74, 6) is -1.27. The predicted octanol–water partition coefficient (Wildman–Crippen LogP) is 5.34. The molecule has 0 spiro atoms. The molecule has 0 aromatic carbocycles. The SMILES string of the molecule is O=C(NC(OC(NC(=O)C1CC=CCC1)C(Cl)(Cl)Cl)C(Cl)(Cl)Cl)C1CC=CCC1. The summed E-state index contributed by atoms with van der Waals surface area (Å²) < 4.78 is 1.49. The minimum absolute atomic E-state index is 0.284. The molecule has 2 N–H and O–H groups in total. The van der Waals surface area contributed by atoms with Gasteiger partial charge in [0.05, 0.1) is 0 Å². The van der Waals surface area contributed by atoms with Crippen LogP contribution in [0.15, 0.2) is 24.3 Å². The molecule has 0 saturated heterocycles. The molecule has 0 aliphatic heterocycles. The highest BCUT2D eigenvalue weighted by Crippen LogP contribution is 2.37. The van der Waals surface area contributed by atoms with Gasteiger partial charge in [-0.05, 0) is 38.5 Å². The second kappa shape index (κ2) is 11.1. The molecule has 4 atom stereocenters. The third-order valence-corrected chi connectivity index (χ3v) is 5.88. The van der Waals surface area contributed by atoms with Gasteiger partial charge in [0.1, 0.15) is 0 Å². The highest BCUT2D eigenvalue weighted by atomic mass is 35.6. The van der Waals surface area contributed by atoms with Crippen LogP contribution in [-0.4, -0.2) is 31.9 Å². The number of nitrogens with one attached hydrogen (secondary N) is 2. The number of hydrogen-bond donors (Lipinski definition) is 2. The molecule has 0 aromatic heterocycles. The topological polar surface area (TPSA) is 67.4 Å². The van der Waals surface area contributed by atoms with E-state index in [1.165, 1.54) is 0 Å². The van der Waals surface area contributed by atoms with Gasteiger partial charge in [0.25, 0.3) is 0 Å². The van der Waals surface area contributed by atoms with E-state index in [1.54, 1.807) is 0 Å². The lowest BCUT2D eigenvalue weighted by molar-refractivity contribution is -0.137. The van der Waals surface area contributed by atoms with E-state index in [0.717, 1.165) is 12.8 Å². The lowest BCUT2D eigenvalue weighted by atomic mass is 9.93. The second-order valence-electron chi connectivity index (χ2n) is 6.96. The molecular weight excluding hydrogens is 505 g/mol. The van der Waals surface area contributed by atoms with Crippen LogP contribution in [0.3, 0.4) is 0 Å². The van der Waals surface area contributed by atoms with Crippen molar-refractivity contribution in [3.05, 3.63) is 24.3 Å².